The Hall–Kier alpha value is -1.17. The van der Waals surface area contributed by atoms with E-state index >= 15 is 0 Å². The molecule has 3 N–H and O–H groups in total. The van der Waals surface area contributed by atoms with Crippen LogP contribution in [0.15, 0.2) is 18.3 Å². The Kier molecular flexibility index (Phi) is 5.18. The fraction of sp³-hybridized carbons (Fsp3) is 0.545. The average Bonchev–Trinajstić information content (AvgIpc) is 2.35. The predicted octanol–water partition coefficient (Wildman–Crippen LogP) is 0.0940. The molecular formula is C11H18N2O3. The van der Waals surface area contributed by atoms with Crippen LogP contribution in [0.3, 0.4) is 0 Å². The Balaban J connectivity index is 2.60. The Morgan fingerprint density at radius 3 is 2.69 bits per heavy atom. The van der Waals surface area contributed by atoms with Gasteiger partial charge in [-0.15, -0.1) is 0 Å². The Bertz CT molecular complexity index is 303. The van der Waals surface area contributed by atoms with Gasteiger partial charge in [0, 0.05) is 0 Å². The minimum absolute atomic E-state index is 0.449. The van der Waals surface area contributed by atoms with E-state index in [1.165, 1.54) is 6.20 Å². The fourth-order valence-electron chi connectivity index (χ4n) is 1.33. The van der Waals surface area contributed by atoms with Crippen molar-refractivity contribution in [3.8, 4) is 5.75 Å². The highest BCUT2D eigenvalue weighted by Gasteiger charge is 2.18. The minimum atomic E-state index is -0.959. The van der Waals surface area contributed by atoms with Crippen molar-refractivity contribution in [1.29, 1.82) is 0 Å². The highest BCUT2D eigenvalue weighted by molar-refractivity contribution is 5.21. The maximum Gasteiger partial charge on any atom is 0.137 e. The number of aromatic nitrogens is 1. The number of aliphatic hydroxyl groups excluding tert-OH is 2. The van der Waals surface area contributed by atoms with Crippen molar-refractivity contribution in [3.05, 3.63) is 24.0 Å². The van der Waals surface area contributed by atoms with Gasteiger partial charge in [-0.05, 0) is 32.1 Å². The van der Waals surface area contributed by atoms with Crippen LogP contribution < -0.4 is 10.1 Å². The Morgan fingerprint density at radius 2 is 2.19 bits per heavy atom. The predicted molar refractivity (Wildman–Crippen MR) is 60.3 cm³/mol. The second kappa shape index (κ2) is 6.42. The van der Waals surface area contributed by atoms with Crippen molar-refractivity contribution in [2.24, 2.45) is 0 Å². The minimum Gasteiger partial charge on any atom is -0.495 e. The molecule has 0 aliphatic heterocycles. The molecule has 2 unspecified atom stereocenters. The first-order valence-electron chi connectivity index (χ1n) is 5.19. The fourth-order valence-corrected chi connectivity index (χ4v) is 1.33. The van der Waals surface area contributed by atoms with Crippen LogP contribution in [-0.4, -0.2) is 42.0 Å². The number of nitrogens with zero attached hydrogens (tertiary/aromatic N) is 1. The smallest absolute Gasteiger partial charge is 0.137 e. The maximum atomic E-state index is 9.80. The summed E-state index contributed by atoms with van der Waals surface area (Å²) in [5.74, 6) is 0.626. The number of hydrogen-bond donors (Lipinski definition) is 3. The molecule has 0 radical (unpaired) electrons. The molecule has 2 atom stereocenters. The largest absolute Gasteiger partial charge is 0.495 e. The zero-order chi connectivity index (χ0) is 12.0. The normalized spacial score (nSPS) is 14.5. The number of aliphatic hydroxyl groups is 2. The zero-order valence-corrected chi connectivity index (χ0v) is 9.55. The highest BCUT2D eigenvalue weighted by atomic mass is 16.5. The van der Waals surface area contributed by atoms with E-state index in [-0.39, 0.29) is 0 Å². The van der Waals surface area contributed by atoms with Crippen LogP contribution in [-0.2, 0) is 0 Å². The van der Waals surface area contributed by atoms with Gasteiger partial charge in [-0.1, -0.05) is 0 Å². The summed E-state index contributed by atoms with van der Waals surface area (Å²) in [4.78, 5) is 4.02. The molecule has 1 aromatic heterocycles. The van der Waals surface area contributed by atoms with Gasteiger partial charge >= 0.3 is 0 Å². The van der Waals surface area contributed by atoms with E-state index in [4.69, 9.17) is 4.74 Å². The van der Waals surface area contributed by atoms with Gasteiger partial charge < -0.3 is 20.3 Å². The molecule has 0 amide bonds. The summed E-state index contributed by atoms with van der Waals surface area (Å²) in [6.45, 7) is 0.647. The number of nitrogens with one attached hydrogen (secondary N) is 1. The van der Waals surface area contributed by atoms with Gasteiger partial charge in [0.2, 0.25) is 0 Å². The number of ether oxygens (including phenoxy) is 1. The summed E-state index contributed by atoms with van der Waals surface area (Å²) in [5, 5.41) is 22.4. The molecule has 0 saturated carbocycles. The molecule has 0 saturated heterocycles. The van der Waals surface area contributed by atoms with Crippen LogP contribution >= 0.6 is 0 Å². The summed E-state index contributed by atoms with van der Waals surface area (Å²) in [6, 6.07) is 3.35. The van der Waals surface area contributed by atoms with E-state index in [1.54, 1.807) is 26.3 Å². The van der Waals surface area contributed by atoms with E-state index in [0.29, 0.717) is 24.4 Å². The monoisotopic (exact) mass is 226 g/mol. The summed E-state index contributed by atoms with van der Waals surface area (Å²) in [7, 11) is 3.35. The van der Waals surface area contributed by atoms with Gasteiger partial charge in [0.1, 0.15) is 11.9 Å². The first-order valence-corrected chi connectivity index (χ1v) is 5.19. The van der Waals surface area contributed by atoms with Crippen LogP contribution in [0.5, 0.6) is 5.75 Å². The van der Waals surface area contributed by atoms with Crippen LogP contribution in [0, 0.1) is 0 Å². The van der Waals surface area contributed by atoms with Crippen molar-refractivity contribution in [1.82, 2.24) is 10.3 Å². The third-order valence-corrected chi connectivity index (χ3v) is 2.35. The lowest BCUT2D eigenvalue weighted by Crippen LogP contribution is -2.23. The molecule has 1 aromatic rings. The lowest BCUT2D eigenvalue weighted by molar-refractivity contribution is 0.0115. The number of hydrogen-bond acceptors (Lipinski definition) is 5. The number of pyridine rings is 1. The highest BCUT2D eigenvalue weighted by Crippen LogP contribution is 2.18. The van der Waals surface area contributed by atoms with Gasteiger partial charge in [-0.25, -0.2) is 0 Å². The van der Waals surface area contributed by atoms with E-state index < -0.39 is 12.2 Å². The molecule has 90 valence electrons. The van der Waals surface area contributed by atoms with Gasteiger partial charge in [0.05, 0.1) is 25.1 Å². The van der Waals surface area contributed by atoms with Crippen LogP contribution in [0.2, 0.25) is 0 Å². The van der Waals surface area contributed by atoms with Gasteiger partial charge in [0.25, 0.3) is 0 Å². The summed E-state index contributed by atoms with van der Waals surface area (Å²) in [5.41, 5.74) is 0.449. The van der Waals surface area contributed by atoms with Crippen molar-refractivity contribution < 1.29 is 14.9 Å². The second-order valence-corrected chi connectivity index (χ2v) is 3.53. The molecular weight excluding hydrogens is 208 g/mol. The van der Waals surface area contributed by atoms with Crippen LogP contribution in [0.25, 0.3) is 0 Å². The molecule has 0 aromatic carbocycles. The van der Waals surface area contributed by atoms with E-state index in [0.717, 1.165) is 0 Å². The number of rotatable bonds is 6. The number of methoxy groups -OCH3 is 1. The summed E-state index contributed by atoms with van der Waals surface area (Å²) < 4.78 is 4.96. The van der Waals surface area contributed by atoms with E-state index in [1.807, 2.05) is 0 Å². The first-order chi connectivity index (χ1) is 7.69. The van der Waals surface area contributed by atoms with E-state index in [2.05, 4.69) is 10.3 Å². The third-order valence-electron chi connectivity index (χ3n) is 2.35. The molecule has 0 fully saturated rings. The summed E-state index contributed by atoms with van der Waals surface area (Å²) >= 11 is 0. The quantitative estimate of drug-likeness (QED) is 0.641. The zero-order valence-electron chi connectivity index (χ0n) is 9.55. The van der Waals surface area contributed by atoms with Crippen molar-refractivity contribution in [2.45, 2.75) is 18.6 Å². The van der Waals surface area contributed by atoms with Crippen molar-refractivity contribution in [3.63, 3.8) is 0 Å². The Labute approximate surface area is 95.1 Å². The topological polar surface area (TPSA) is 74.6 Å². The van der Waals surface area contributed by atoms with Crippen molar-refractivity contribution >= 4 is 0 Å². The summed E-state index contributed by atoms with van der Waals surface area (Å²) in [6.07, 6.45) is 0.224. The molecule has 1 heterocycles. The van der Waals surface area contributed by atoms with Crippen molar-refractivity contribution in [2.75, 3.05) is 20.7 Å². The van der Waals surface area contributed by atoms with Gasteiger partial charge in [0.15, 0.2) is 0 Å². The third kappa shape index (κ3) is 3.44. The maximum absolute atomic E-state index is 9.80. The molecule has 0 aliphatic carbocycles. The molecule has 1 rings (SSSR count). The lowest BCUT2D eigenvalue weighted by atomic mass is 10.1. The second-order valence-electron chi connectivity index (χ2n) is 3.53. The molecule has 0 spiro atoms. The molecule has 0 bridgehead atoms. The molecule has 5 heteroatoms. The van der Waals surface area contributed by atoms with Crippen LogP contribution in [0.1, 0.15) is 18.2 Å². The SMILES string of the molecule is CNCCC(O)C(O)c1ccc(OC)cn1. The van der Waals surface area contributed by atoms with Crippen LogP contribution in [0.4, 0.5) is 0 Å². The van der Waals surface area contributed by atoms with Gasteiger partial charge in [-0.2, -0.15) is 0 Å². The molecule has 5 nitrogen and oxygen atoms in total. The Morgan fingerprint density at radius 1 is 1.44 bits per heavy atom. The first kappa shape index (κ1) is 12.9. The molecule has 16 heavy (non-hydrogen) atoms. The molecule has 0 aliphatic rings. The lowest BCUT2D eigenvalue weighted by Gasteiger charge is -2.17. The standard InChI is InChI=1S/C11H18N2O3/c1-12-6-5-10(14)11(15)9-4-3-8(16-2)7-13-9/h3-4,7,10-12,14-15H,5-6H2,1-2H3. The van der Waals surface area contributed by atoms with Gasteiger partial charge in [-0.3, -0.25) is 4.98 Å². The van der Waals surface area contributed by atoms with E-state index in [9.17, 15) is 10.2 Å². The average molecular weight is 226 g/mol.